The minimum atomic E-state index is -0.613. The number of primary amides is 1. The summed E-state index contributed by atoms with van der Waals surface area (Å²) in [6, 6.07) is 0. The molecule has 0 unspecified atom stereocenters. The van der Waals surface area contributed by atoms with Crippen molar-refractivity contribution in [1.82, 2.24) is 15.2 Å². The van der Waals surface area contributed by atoms with Gasteiger partial charge in [-0.25, -0.2) is 4.98 Å². The highest BCUT2D eigenvalue weighted by Crippen LogP contribution is 2.15. The molecule has 0 radical (unpaired) electrons. The second kappa shape index (κ2) is 3.93. The van der Waals surface area contributed by atoms with E-state index in [0.29, 0.717) is 11.5 Å². The summed E-state index contributed by atoms with van der Waals surface area (Å²) in [7, 11) is 0. The summed E-state index contributed by atoms with van der Waals surface area (Å²) in [6.45, 7) is 0. The van der Waals surface area contributed by atoms with E-state index in [1.54, 1.807) is 6.20 Å². The van der Waals surface area contributed by atoms with Crippen molar-refractivity contribution in [1.29, 1.82) is 0 Å². The summed E-state index contributed by atoms with van der Waals surface area (Å²) in [4.78, 5) is 14.5. The average Bonchev–Trinajstić information content (AvgIpc) is 2.75. The number of aromatic amines is 1. The molecule has 2 aromatic heterocycles. The summed E-state index contributed by atoms with van der Waals surface area (Å²) in [5, 5.41) is 6.31. The van der Waals surface area contributed by atoms with Gasteiger partial charge in [0.2, 0.25) is 5.89 Å². The summed E-state index contributed by atoms with van der Waals surface area (Å²) in [6.07, 6.45) is 4.36. The molecule has 2 aromatic rings. The van der Waals surface area contributed by atoms with Crippen LogP contribution in [0.15, 0.2) is 23.1 Å². The van der Waals surface area contributed by atoms with Gasteiger partial charge in [0.05, 0.1) is 11.8 Å². The molecule has 2 heterocycles. The second-order valence-corrected chi connectivity index (χ2v) is 2.39. The van der Waals surface area contributed by atoms with Gasteiger partial charge in [0.25, 0.3) is 5.91 Å². The quantitative estimate of drug-likeness (QED) is 0.764. The highest BCUT2D eigenvalue weighted by molar-refractivity contribution is 5.90. The van der Waals surface area contributed by atoms with Crippen LogP contribution in [0.5, 0.6) is 0 Å². The molecule has 0 aliphatic heterocycles. The van der Waals surface area contributed by atoms with Crippen LogP contribution in [-0.4, -0.2) is 21.1 Å². The van der Waals surface area contributed by atoms with Crippen molar-refractivity contribution < 1.29 is 9.21 Å². The van der Waals surface area contributed by atoms with Crippen molar-refractivity contribution in [2.45, 2.75) is 0 Å². The number of nitrogens with one attached hydrogen (secondary N) is 1. The molecule has 0 aliphatic rings. The number of hydrogen-bond acceptors (Lipinski definition) is 4. The molecule has 0 aromatic carbocycles. The molecule has 0 spiro atoms. The van der Waals surface area contributed by atoms with Gasteiger partial charge in [-0.1, -0.05) is 0 Å². The Morgan fingerprint density at radius 3 is 2.86 bits per heavy atom. The first kappa shape index (κ1) is 10.3. The molecule has 3 N–H and O–H groups in total. The Labute approximate surface area is 84.9 Å². The van der Waals surface area contributed by atoms with Crippen LogP contribution in [0, 0.1) is 0 Å². The van der Waals surface area contributed by atoms with Crippen LogP contribution in [0.25, 0.3) is 11.5 Å². The van der Waals surface area contributed by atoms with Crippen molar-refractivity contribution >= 4 is 18.3 Å². The van der Waals surface area contributed by atoms with E-state index in [9.17, 15) is 4.79 Å². The van der Waals surface area contributed by atoms with Crippen LogP contribution >= 0.6 is 12.4 Å². The molecule has 0 bridgehead atoms. The predicted molar refractivity (Wildman–Crippen MR) is 49.9 cm³/mol. The van der Waals surface area contributed by atoms with Gasteiger partial charge in [-0.3, -0.25) is 9.89 Å². The lowest BCUT2D eigenvalue weighted by Gasteiger charge is -1.83. The second-order valence-electron chi connectivity index (χ2n) is 2.39. The molecule has 7 heteroatoms. The molecular formula is C7H7ClN4O2. The lowest BCUT2D eigenvalue weighted by molar-refractivity contribution is 0.0995. The van der Waals surface area contributed by atoms with Crippen LogP contribution < -0.4 is 5.73 Å². The molecule has 0 saturated heterocycles. The maximum atomic E-state index is 10.7. The molecule has 0 fully saturated rings. The fourth-order valence-corrected chi connectivity index (χ4v) is 0.887. The number of rotatable bonds is 2. The largest absolute Gasteiger partial charge is 0.444 e. The van der Waals surface area contributed by atoms with Gasteiger partial charge >= 0.3 is 0 Å². The lowest BCUT2D eigenvalue weighted by atomic mass is 10.4. The van der Waals surface area contributed by atoms with Crippen molar-refractivity contribution in [2.24, 2.45) is 5.73 Å². The SMILES string of the molecule is Cl.NC(=O)c1coc(-c2cn[nH]c2)n1. The van der Waals surface area contributed by atoms with Gasteiger partial charge in [0.15, 0.2) is 5.69 Å². The first-order valence-corrected chi connectivity index (χ1v) is 3.52. The Hall–Kier alpha value is -1.82. The van der Waals surface area contributed by atoms with Gasteiger partial charge < -0.3 is 10.2 Å². The first-order chi connectivity index (χ1) is 6.27. The lowest BCUT2D eigenvalue weighted by Crippen LogP contribution is -2.10. The summed E-state index contributed by atoms with van der Waals surface area (Å²) in [5.74, 6) is -0.291. The third kappa shape index (κ3) is 1.74. The van der Waals surface area contributed by atoms with Gasteiger partial charge in [0.1, 0.15) is 6.26 Å². The Balaban J connectivity index is 0.000000980. The Morgan fingerprint density at radius 1 is 1.57 bits per heavy atom. The number of halogens is 1. The molecule has 74 valence electrons. The van der Waals surface area contributed by atoms with E-state index in [1.807, 2.05) is 0 Å². The topological polar surface area (TPSA) is 97.8 Å². The van der Waals surface area contributed by atoms with Crippen LogP contribution in [0.2, 0.25) is 0 Å². The first-order valence-electron chi connectivity index (χ1n) is 3.52. The number of hydrogen-bond donors (Lipinski definition) is 2. The van der Waals surface area contributed by atoms with Gasteiger partial charge in [0, 0.05) is 6.20 Å². The molecule has 0 aliphatic carbocycles. The highest BCUT2D eigenvalue weighted by Gasteiger charge is 2.10. The Morgan fingerprint density at radius 2 is 2.36 bits per heavy atom. The minimum absolute atomic E-state index is 0. The van der Waals surface area contributed by atoms with E-state index in [1.165, 1.54) is 12.5 Å². The van der Waals surface area contributed by atoms with E-state index in [-0.39, 0.29) is 18.1 Å². The number of oxazole rings is 1. The molecular weight excluding hydrogens is 208 g/mol. The zero-order chi connectivity index (χ0) is 9.26. The van der Waals surface area contributed by atoms with Gasteiger partial charge in [-0.05, 0) is 0 Å². The van der Waals surface area contributed by atoms with Crippen molar-refractivity contribution in [3.05, 3.63) is 24.4 Å². The molecule has 1 amide bonds. The third-order valence-corrected chi connectivity index (χ3v) is 1.50. The predicted octanol–water partition coefficient (Wildman–Crippen LogP) is 0.585. The molecule has 0 atom stereocenters. The molecule has 14 heavy (non-hydrogen) atoms. The third-order valence-electron chi connectivity index (χ3n) is 1.50. The number of aromatic nitrogens is 3. The minimum Gasteiger partial charge on any atom is -0.444 e. The Bertz CT molecular complexity index is 423. The van der Waals surface area contributed by atoms with E-state index in [0.717, 1.165) is 0 Å². The van der Waals surface area contributed by atoms with Gasteiger partial charge in [-0.15, -0.1) is 12.4 Å². The number of nitrogens with two attached hydrogens (primary N) is 1. The maximum absolute atomic E-state index is 10.7. The van der Waals surface area contributed by atoms with Gasteiger partial charge in [-0.2, -0.15) is 5.10 Å². The zero-order valence-corrected chi connectivity index (χ0v) is 7.75. The fraction of sp³-hybridized carbons (Fsp3) is 0. The molecule has 6 nitrogen and oxygen atoms in total. The summed E-state index contributed by atoms with van der Waals surface area (Å²) in [5.41, 5.74) is 5.78. The normalized spacial score (nSPS) is 9.43. The van der Waals surface area contributed by atoms with Crippen LogP contribution in [0.4, 0.5) is 0 Å². The van der Waals surface area contributed by atoms with Crippen molar-refractivity contribution in [3.63, 3.8) is 0 Å². The fourth-order valence-electron chi connectivity index (χ4n) is 0.887. The number of H-pyrrole nitrogens is 1. The molecule has 2 rings (SSSR count). The van der Waals surface area contributed by atoms with E-state index >= 15 is 0 Å². The van der Waals surface area contributed by atoms with E-state index < -0.39 is 5.91 Å². The number of carbonyl (C=O) groups excluding carboxylic acids is 1. The monoisotopic (exact) mass is 214 g/mol. The van der Waals surface area contributed by atoms with E-state index in [4.69, 9.17) is 10.2 Å². The zero-order valence-electron chi connectivity index (χ0n) is 6.93. The summed E-state index contributed by atoms with van der Waals surface area (Å²) < 4.78 is 5.00. The summed E-state index contributed by atoms with van der Waals surface area (Å²) >= 11 is 0. The number of amides is 1. The van der Waals surface area contributed by atoms with Crippen LogP contribution in [0.3, 0.4) is 0 Å². The molecule has 0 saturated carbocycles. The number of nitrogens with zero attached hydrogens (tertiary/aromatic N) is 2. The van der Waals surface area contributed by atoms with E-state index in [2.05, 4.69) is 15.2 Å². The van der Waals surface area contributed by atoms with Crippen molar-refractivity contribution in [2.75, 3.05) is 0 Å². The smallest absolute Gasteiger partial charge is 0.270 e. The van der Waals surface area contributed by atoms with Crippen LogP contribution in [-0.2, 0) is 0 Å². The highest BCUT2D eigenvalue weighted by atomic mass is 35.5. The van der Waals surface area contributed by atoms with Crippen LogP contribution in [0.1, 0.15) is 10.5 Å². The maximum Gasteiger partial charge on any atom is 0.270 e. The number of carbonyl (C=O) groups is 1. The Kier molecular flexibility index (Phi) is 2.88. The average molecular weight is 215 g/mol. The standard InChI is InChI=1S/C7H6N4O2.ClH/c8-6(12)5-3-13-7(11-5)4-1-9-10-2-4;/h1-3H,(H2,8,12)(H,9,10);1H. The van der Waals surface area contributed by atoms with Crippen molar-refractivity contribution in [3.8, 4) is 11.5 Å².